The van der Waals surface area contributed by atoms with Crippen LogP contribution in [0.1, 0.15) is 17.4 Å². The molecule has 3 rings (SSSR count). The van der Waals surface area contributed by atoms with Gasteiger partial charge in [-0.05, 0) is 42.5 Å². The van der Waals surface area contributed by atoms with Crippen LogP contribution in [0.4, 0.5) is 0 Å². The standard InChI is InChI=1S/C18H20N2O3S/c1-13(19-17(21)12-23-15-5-3-2-4-6-15)18(22)20-9-7-16-14(11-20)8-10-24-16/h2-6,8,10,13H,7,9,11-12H2,1H3,(H,19,21)/t13-/m0/s1. The molecule has 1 aliphatic heterocycles. The quantitative estimate of drug-likeness (QED) is 0.905. The number of para-hydroxylation sites is 1. The largest absolute Gasteiger partial charge is 0.484 e. The van der Waals surface area contributed by atoms with E-state index in [0.29, 0.717) is 18.8 Å². The van der Waals surface area contributed by atoms with Crippen LogP contribution in [0.3, 0.4) is 0 Å². The van der Waals surface area contributed by atoms with Crippen LogP contribution in [-0.2, 0) is 22.6 Å². The van der Waals surface area contributed by atoms with E-state index in [1.54, 1.807) is 35.3 Å². The van der Waals surface area contributed by atoms with E-state index in [2.05, 4.69) is 16.8 Å². The average Bonchev–Trinajstić information content (AvgIpc) is 3.07. The van der Waals surface area contributed by atoms with Crippen LogP contribution in [0.5, 0.6) is 5.75 Å². The number of carbonyl (C=O) groups is 2. The zero-order valence-electron chi connectivity index (χ0n) is 13.5. The Labute approximate surface area is 145 Å². The van der Waals surface area contributed by atoms with Gasteiger partial charge in [-0.1, -0.05) is 18.2 Å². The summed E-state index contributed by atoms with van der Waals surface area (Å²) in [6.07, 6.45) is 0.885. The molecular weight excluding hydrogens is 324 g/mol. The predicted octanol–water partition coefficient (Wildman–Crippen LogP) is 2.22. The van der Waals surface area contributed by atoms with Crippen LogP contribution >= 0.6 is 11.3 Å². The van der Waals surface area contributed by atoms with Gasteiger partial charge in [-0.25, -0.2) is 0 Å². The van der Waals surface area contributed by atoms with Gasteiger partial charge in [0.05, 0.1) is 0 Å². The van der Waals surface area contributed by atoms with Gasteiger partial charge in [0.2, 0.25) is 5.91 Å². The van der Waals surface area contributed by atoms with E-state index in [4.69, 9.17) is 4.74 Å². The SMILES string of the molecule is C[C@H](NC(=O)COc1ccccc1)C(=O)N1CCc2sccc2C1. The fourth-order valence-corrected chi connectivity index (χ4v) is 3.61. The highest BCUT2D eigenvalue weighted by molar-refractivity contribution is 7.10. The minimum atomic E-state index is -0.558. The number of amides is 2. The van der Waals surface area contributed by atoms with Gasteiger partial charge in [0, 0.05) is 18.0 Å². The van der Waals surface area contributed by atoms with Crippen molar-refractivity contribution < 1.29 is 14.3 Å². The lowest BCUT2D eigenvalue weighted by Crippen LogP contribution is -2.49. The molecular formula is C18H20N2O3S. The van der Waals surface area contributed by atoms with Crippen molar-refractivity contribution >= 4 is 23.2 Å². The Hall–Kier alpha value is -2.34. The molecule has 0 fully saturated rings. The minimum absolute atomic E-state index is 0.0556. The Bertz CT molecular complexity index is 714. The van der Waals surface area contributed by atoms with E-state index < -0.39 is 6.04 Å². The Morgan fingerprint density at radius 2 is 2.08 bits per heavy atom. The van der Waals surface area contributed by atoms with Crippen LogP contribution in [0.2, 0.25) is 0 Å². The van der Waals surface area contributed by atoms with Crippen molar-refractivity contribution in [1.82, 2.24) is 10.2 Å². The number of ether oxygens (including phenoxy) is 1. The number of thiophene rings is 1. The lowest BCUT2D eigenvalue weighted by atomic mass is 10.1. The topological polar surface area (TPSA) is 58.6 Å². The summed E-state index contributed by atoms with van der Waals surface area (Å²) in [4.78, 5) is 27.6. The summed E-state index contributed by atoms with van der Waals surface area (Å²) in [6, 6.07) is 10.6. The van der Waals surface area contributed by atoms with Crippen LogP contribution < -0.4 is 10.1 Å². The Morgan fingerprint density at radius 3 is 2.88 bits per heavy atom. The van der Waals surface area contributed by atoms with Crippen molar-refractivity contribution in [3.63, 3.8) is 0 Å². The lowest BCUT2D eigenvalue weighted by Gasteiger charge is -2.29. The number of hydrogen-bond donors (Lipinski definition) is 1. The van der Waals surface area contributed by atoms with Crippen molar-refractivity contribution in [2.24, 2.45) is 0 Å². The van der Waals surface area contributed by atoms with E-state index in [0.717, 1.165) is 6.42 Å². The molecule has 2 amide bonds. The van der Waals surface area contributed by atoms with Gasteiger partial charge in [0.1, 0.15) is 11.8 Å². The molecule has 0 radical (unpaired) electrons. The molecule has 1 aliphatic rings. The first-order valence-corrected chi connectivity index (χ1v) is 8.82. The highest BCUT2D eigenvalue weighted by Gasteiger charge is 2.26. The van der Waals surface area contributed by atoms with E-state index in [1.807, 2.05) is 18.2 Å². The maximum atomic E-state index is 12.5. The lowest BCUT2D eigenvalue weighted by molar-refractivity contribution is -0.137. The van der Waals surface area contributed by atoms with Gasteiger partial charge in [0.15, 0.2) is 6.61 Å². The van der Waals surface area contributed by atoms with E-state index in [-0.39, 0.29) is 18.4 Å². The number of nitrogens with one attached hydrogen (secondary N) is 1. The highest BCUT2D eigenvalue weighted by atomic mass is 32.1. The first-order valence-electron chi connectivity index (χ1n) is 7.94. The van der Waals surface area contributed by atoms with Gasteiger partial charge in [-0.2, -0.15) is 0 Å². The molecule has 126 valence electrons. The number of nitrogens with zero attached hydrogens (tertiary/aromatic N) is 1. The van der Waals surface area contributed by atoms with Gasteiger partial charge in [0.25, 0.3) is 5.91 Å². The zero-order valence-corrected chi connectivity index (χ0v) is 14.3. The molecule has 24 heavy (non-hydrogen) atoms. The maximum Gasteiger partial charge on any atom is 0.258 e. The molecule has 1 N–H and O–H groups in total. The zero-order chi connectivity index (χ0) is 16.9. The molecule has 0 spiro atoms. The molecule has 2 aromatic rings. The predicted molar refractivity (Wildman–Crippen MR) is 93.0 cm³/mol. The normalized spacial score (nSPS) is 14.6. The van der Waals surface area contributed by atoms with E-state index in [9.17, 15) is 9.59 Å². The number of fused-ring (bicyclic) bond motifs is 1. The summed E-state index contributed by atoms with van der Waals surface area (Å²) in [6.45, 7) is 2.94. The summed E-state index contributed by atoms with van der Waals surface area (Å²) in [5, 5.41) is 4.77. The fraction of sp³-hybridized carbons (Fsp3) is 0.333. The van der Waals surface area contributed by atoms with Gasteiger partial charge in [-0.3, -0.25) is 9.59 Å². The number of carbonyl (C=O) groups excluding carboxylic acids is 2. The van der Waals surface area contributed by atoms with Crippen molar-refractivity contribution in [2.75, 3.05) is 13.2 Å². The second-order valence-electron chi connectivity index (χ2n) is 5.77. The Balaban J connectivity index is 1.48. The highest BCUT2D eigenvalue weighted by Crippen LogP contribution is 2.24. The Kier molecular flexibility index (Phi) is 5.15. The van der Waals surface area contributed by atoms with Gasteiger partial charge < -0.3 is 15.0 Å². The molecule has 1 atom stereocenters. The molecule has 6 heteroatoms. The molecule has 0 saturated carbocycles. The van der Waals surface area contributed by atoms with Crippen LogP contribution in [-0.4, -0.2) is 35.9 Å². The van der Waals surface area contributed by atoms with Crippen LogP contribution in [0.15, 0.2) is 41.8 Å². The molecule has 2 heterocycles. The van der Waals surface area contributed by atoms with Crippen molar-refractivity contribution in [2.45, 2.75) is 25.9 Å². The summed E-state index contributed by atoms with van der Waals surface area (Å²) in [7, 11) is 0. The number of hydrogen-bond acceptors (Lipinski definition) is 4. The maximum absolute atomic E-state index is 12.5. The van der Waals surface area contributed by atoms with E-state index >= 15 is 0 Å². The third kappa shape index (κ3) is 3.94. The van der Waals surface area contributed by atoms with E-state index in [1.165, 1.54) is 10.4 Å². The summed E-state index contributed by atoms with van der Waals surface area (Å²) < 4.78 is 5.39. The molecule has 5 nitrogen and oxygen atoms in total. The van der Waals surface area contributed by atoms with Crippen molar-refractivity contribution in [3.8, 4) is 5.75 Å². The second-order valence-corrected chi connectivity index (χ2v) is 6.77. The minimum Gasteiger partial charge on any atom is -0.484 e. The van der Waals surface area contributed by atoms with Crippen LogP contribution in [0.25, 0.3) is 0 Å². The first-order chi connectivity index (χ1) is 11.6. The molecule has 1 aromatic heterocycles. The van der Waals surface area contributed by atoms with Crippen molar-refractivity contribution in [1.29, 1.82) is 0 Å². The molecule has 0 bridgehead atoms. The second kappa shape index (κ2) is 7.49. The van der Waals surface area contributed by atoms with Gasteiger partial charge >= 0.3 is 0 Å². The monoisotopic (exact) mass is 344 g/mol. The molecule has 1 aromatic carbocycles. The van der Waals surface area contributed by atoms with Gasteiger partial charge in [-0.15, -0.1) is 11.3 Å². The fourth-order valence-electron chi connectivity index (χ4n) is 2.72. The molecule has 0 unspecified atom stereocenters. The first kappa shape index (κ1) is 16.5. The summed E-state index contributed by atoms with van der Waals surface area (Å²) in [5.41, 5.74) is 1.21. The number of rotatable bonds is 5. The molecule has 0 aliphatic carbocycles. The smallest absolute Gasteiger partial charge is 0.258 e. The summed E-state index contributed by atoms with van der Waals surface area (Å²) >= 11 is 1.74. The molecule has 0 saturated heterocycles. The Morgan fingerprint density at radius 1 is 1.29 bits per heavy atom. The number of benzene rings is 1. The summed E-state index contributed by atoms with van der Waals surface area (Å²) in [5.74, 6) is 0.278. The third-order valence-corrected chi connectivity index (χ3v) is 5.00. The third-order valence-electron chi connectivity index (χ3n) is 3.98. The van der Waals surface area contributed by atoms with Crippen molar-refractivity contribution in [3.05, 3.63) is 52.2 Å². The average molecular weight is 344 g/mol. The van der Waals surface area contributed by atoms with Crippen LogP contribution in [0, 0.1) is 0 Å².